The largest absolute Gasteiger partial charge is 0.496 e. The van der Waals surface area contributed by atoms with Crippen LogP contribution < -0.4 is 14.2 Å². The van der Waals surface area contributed by atoms with E-state index in [0.717, 1.165) is 28.2 Å². The van der Waals surface area contributed by atoms with Gasteiger partial charge in [-0.05, 0) is 41.3 Å². The van der Waals surface area contributed by atoms with Gasteiger partial charge in [0.25, 0.3) is 0 Å². The van der Waals surface area contributed by atoms with Crippen LogP contribution in [0, 0.1) is 0 Å². The van der Waals surface area contributed by atoms with Crippen LogP contribution in [-0.4, -0.2) is 46.0 Å². The highest BCUT2D eigenvalue weighted by Crippen LogP contribution is 2.34. The number of hydrogen-bond donors (Lipinski definition) is 1. The number of ether oxygens (including phenoxy) is 2. The first kappa shape index (κ1) is 24.2. The summed E-state index contributed by atoms with van der Waals surface area (Å²) in [6, 6.07) is 24.6. The minimum atomic E-state index is -3.63. The van der Waals surface area contributed by atoms with Crippen LogP contribution in [0.25, 0.3) is 0 Å². The van der Waals surface area contributed by atoms with Crippen molar-refractivity contribution in [3.63, 3.8) is 0 Å². The van der Waals surface area contributed by atoms with E-state index in [4.69, 9.17) is 14.3 Å². The van der Waals surface area contributed by atoms with Crippen LogP contribution in [0.1, 0.15) is 22.7 Å². The molecule has 180 valence electrons. The second-order valence-electron chi connectivity index (χ2n) is 8.17. The van der Waals surface area contributed by atoms with Crippen LogP contribution in [0.2, 0.25) is 0 Å². The Kier molecular flexibility index (Phi) is 7.84. The molecule has 7 nitrogen and oxygen atoms in total. The summed E-state index contributed by atoms with van der Waals surface area (Å²) >= 11 is 0. The maximum Gasteiger partial charge on any atom is 0.218 e. The summed E-state index contributed by atoms with van der Waals surface area (Å²) in [5.41, 5.74) is 2.89. The lowest BCUT2D eigenvalue weighted by Crippen LogP contribution is -2.40. The third-order valence-corrected chi connectivity index (χ3v) is 7.74. The number of nitrogens with zero attached hydrogens (tertiary/aromatic N) is 1. The average molecular weight is 483 g/mol. The molecule has 0 radical (unpaired) electrons. The van der Waals surface area contributed by atoms with Crippen LogP contribution >= 0.6 is 0 Å². The molecule has 1 aliphatic heterocycles. The monoisotopic (exact) mass is 482 g/mol. The van der Waals surface area contributed by atoms with E-state index in [1.807, 2.05) is 78.9 Å². The summed E-state index contributed by atoms with van der Waals surface area (Å²) in [6.45, 7) is 0.846. The van der Waals surface area contributed by atoms with Crippen LogP contribution in [-0.2, 0) is 27.9 Å². The Morgan fingerprint density at radius 2 is 1.71 bits per heavy atom. The van der Waals surface area contributed by atoms with Gasteiger partial charge in [0.15, 0.2) is 0 Å². The zero-order valence-corrected chi connectivity index (χ0v) is 20.2. The maximum atomic E-state index is 13.2. The molecule has 1 N–H and O–H groups in total. The number of methoxy groups -OCH3 is 1. The number of nitrogens with one attached hydrogen (secondary N) is 1. The fourth-order valence-corrected chi connectivity index (χ4v) is 5.64. The molecule has 34 heavy (non-hydrogen) atoms. The fraction of sp³-hybridized carbons (Fsp3) is 0.308. The van der Waals surface area contributed by atoms with Crippen molar-refractivity contribution in [1.82, 2.24) is 9.79 Å². The maximum absolute atomic E-state index is 13.2. The number of para-hydroxylation sites is 1. The molecule has 0 aromatic heterocycles. The van der Waals surface area contributed by atoms with Gasteiger partial charge in [-0.3, -0.25) is 4.84 Å². The topological polar surface area (TPSA) is 77.1 Å². The van der Waals surface area contributed by atoms with E-state index in [-0.39, 0.29) is 13.2 Å². The molecule has 0 bridgehead atoms. The number of hydrogen-bond acceptors (Lipinski definition) is 6. The highest BCUT2D eigenvalue weighted by atomic mass is 32.2. The molecule has 1 heterocycles. The minimum Gasteiger partial charge on any atom is -0.496 e. The highest BCUT2D eigenvalue weighted by Gasteiger charge is 2.43. The van der Waals surface area contributed by atoms with Gasteiger partial charge >= 0.3 is 0 Å². The van der Waals surface area contributed by atoms with Crippen molar-refractivity contribution < 1.29 is 22.7 Å². The van der Waals surface area contributed by atoms with Gasteiger partial charge in [-0.15, -0.1) is 0 Å². The smallest absolute Gasteiger partial charge is 0.218 e. The lowest BCUT2D eigenvalue weighted by Gasteiger charge is -2.23. The second-order valence-corrected chi connectivity index (χ2v) is 10.2. The van der Waals surface area contributed by atoms with E-state index in [9.17, 15) is 8.42 Å². The van der Waals surface area contributed by atoms with Gasteiger partial charge < -0.3 is 9.47 Å². The molecule has 0 spiro atoms. The first-order valence-corrected chi connectivity index (χ1v) is 12.8. The highest BCUT2D eigenvalue weighted by molar-refractivity contribution is 7.90. The Hall–Kier alpha value is -2.91. The molecular weight excluding hydrogens is 452 g/mol. The summed E-state index contributed by atoms with van der Waals surface area (Å²) in [4.78, 5) is 5.62. The molecule has 0 aliphatic carbocycles. The van der Waals surface area contributed by atoms with E-state index in [1.54, 1.807) is 19.2 Å². The molecule has 0 unspecified atom stereocenters. The van der Waals surface area contributed by atoms with Gasteiger partial charge in [0.05, 0.1) is 19.8 Å². The average Bonchev–Trinajstić information content (AvgIpc) is 3.26. The number of sulfonamides is 1. The Bertz CT molecular complexity index is 1170. The van der Waals surface area contributed by atoms with E-state index in [0.29, 0.717) is 13.0 Å². The van der Waals surface area contributed by atoms with Crippen LogP contribution in [0.15, 0.2) is 78.9 Å². The molecule has 0 saturated carbocycles. The fourth-order valence-electron chi connectivity index (χ4n) is 4.13. The standard InChI is InChI=1S/C26H30N2O5S/c1-28-26(22-12-14-23(15-13-22)32-18-20-8-4-3-5-9-20)25(19-33-28)34(29,30)27-17-16-21-10-6-7-11-24(21)31-2/h3-15,25-27H,16-19H2,1-2H3/t25-,26+/m1/s1. The first-order chi connectivity index (χ1) is 16.5. The van der Waals surface area contributed by atoms with Crippen molar-refractivity contribution in [2.45, 2.75) is 24.3 Å². The molecule has 2 atom stereocenters. The van der Waals surface area contributed by atoms with Gasteiger partial charge in [-0.1, -0.05) is 60.7 Å². The van der Waals surface area contributed by atoms with E-state index < -0.39 is 21.3 Å². The van der Waals surface area contributed by atoms with E-state index in [1.165, 1.54) is 0 Å². The van der Waals surface area contributed by atoms with Crippen LogP contribution in [0.4, 0.5) is 0 Å². The summed E-state index contributed by atoms with van der Waals surface area (Å²) in [5.74, 6) is 1.47. The molecule has 0 amide bonds. The van der Waals surface area contributed by atoms with Gasteiger partial charge in [-0.25, -0.2) is 13.1 Å². The normalized spacial score (nSPS) is 18.6. The number of rotatable bonds is 10. The van der Waals surface area contributed by atoms with Crippen molar-refractivity contribution in [2.24, 2.45) is 0 Å². The summed E-state index contributed by atoms with van der Waals surface area (Å²) < 4.78 is 40.3. The minimum absolute atomic E-state index is 0.0947. The lowest BCUT2D eigenvalue weighted by atomic mass is 10.0. The summed E-state index contributed by atoms with van der Waals surface area (Å²) in [6.07, 6.45) is 0.533. The van der Waals surface area contributed by atoms with Gasteiger partial charge in [0, 0.05) is 13.6 Å². The summed E-state index contributed by atoms with van der Waals surface area (Å²) in [7, 11) is -0.258. The van der Waals surface area contributed by atoms with Gasteiger partial charge in [-0.2, -0.15) is 5.06 Å². The van der Waals surface area contributed by atoms with Crippen molar-refractivity contribution in [3.05, 3.63) is 95.6 Å². The molecule has 4 rings (SSSR count). The molecular formula is C26H30N2O5S. The second kappa shape index (κ2) is 11.0. The first-order valence-electron chi connectivity index (χ1n) is 11.2. The van der Waals surface area contributed by atoms with Crippen LogP contribution in [0.3, 0.4) is 0 Å². The van der Waals surface area contributed by atoms with Crippen molar-refractivity contribution in [1.29, 1.82) is 0 Å². The van der Waals surface area contributed by atoms with E-state index in [2.05, 4.69) is 4.72 Å². The third-order valence-electron chi connectivity index (χ3n) is 5.94. The third kappa shape index (κ3) is 5.77. The number of hydroxylamine groups is 2. The Morgan fingerprint density at radius 3 is 2.44 bits per heavy atom. The lowest BCUT2D eigenvalue weighted by molar-refractivity contribution is -0.110. The molecule has 1 fully saturated rings. The molecule has 3 aromatic rings. The van der Waals surface area contributed by atoms with Gasteiger partial charge in [0.2, 0.25) is 10.0 Å². The van der Waals surface area contributed by atoms with Crippen molar-refractivity contribution in [2.75, 3.05) is 27.3 Å². The van der Waals surface area contributed by atoms with Crippen molar-refractivity contribution >= 4 is 10.0 Å². The zero-order chi connectivity index (χ0) is 24.0. The SMILES string of the molecule is COc1ccccc1CCNS(=O)(=O)[C@@H]1CON(C)[C@H]1c1ccc(OCc2ccccc2)cc1. The molecule has 3 aromatic carbocycles. The molecule has 8 heteroatoms. The zero-order valence-electron chi connectivity index (χ0n) is 19.4. The Morgan fingerprint density at radius 1 is 1.00 bits per heavy atom. The predicted molar refractivity (Wildman–Crippen MR) is 131 cm³/mol. The molecule has 1 saturated heterocycles. The molecule has 1 aliphatic rings. The van der Waals surface area contributed by atoms with E-state index >= 15 is 0 Å². The van der Waals surface area contributed by atoms with Crippen LogP contribution in [0.5, 0.6) is 11.5 Å². The Labute approximate surface area is 201 Å². The quantitative estimate of drug-likeness (QED) is 0.475. The summed E-state index contributed by atoms with van der Waals surface area (Å²) in [5, 5.41) is 0.885. The Balaban J connectivity index is 1.40. The number of benzene rings is 3. The van der Waals surface area contributed by atoms with Gasteiger partial charge in [0.1, 0.15) is 23.4 Å². The van der Waals surface area contributed by atoms with Crippen molar-refractivity contribution in [3.8, 4) is 11.5 Å². The predicted octanol–water partition coefficient (Wildman–Crippen LogP) is 3.72.